The third-order valence-electron chi connectivity index (χ3n) is 3.12. The molecule has 0 amide bonds. The van der Waals surface area contributed by atoms with Gasteiger partial charge in [-0.1, -0.05) is 55.5 Å². The number of benzene rings is 2. The molecule has 0 heterocycles. The van der Waals surface area contributed by atoms with Crippen LogP contribution >= 0.6 is 0 Å². The molecule has 2 aromatic carbocycles. The van der Waals surface area contributed by atoms with Crippen molar-refractivity contribution in [2.45, 2.75) is 19.8 Å². The van der Waals surface area contributed by atoms with Gasteiger partial charge in [0.25, 0.3) is 0 Å². The van der Waals surface area contributed by atoms with Crippen molar-refractivity contribution in [3.8, 4) is 0 Å². The molecule has 0 saturated heterocycles. The first-order chi connectivity index (χ1) is 7.70. The van der Waals surface area contributed by atoms with Gasteiger partial charge in [-0.2, -0.15) is 0 Å². The maximum Gasteiger partial charge on any atom is 0.0382 e. The first-order valence-corrected chi connectivity index (χ1v) is 5.60. The van der Waals surface area contributed by atoms with E-state index in [1.165, 1.54) is 11.1 Å². The fraction of sp³-hybridized carbons (Fsp3) is 0.200. The highest BCUT2D eigenvalue weighted by Crippen LogP contribution is 2.29. The third-order valence-corrected chi connectivity index (χ3v) is 3.12. The van der Waals surface area contributed by atoms with Crippen molar-refractivity contribution in [1.82, 2.24) is 0 Å². The summed E-state index contributed by atoms with van der Waals surface area (Å²) >= 11 is 0. The van der Waals surface area contributed by atoms with Crippen LogP contribution in [0.25, 0.3) is 0 Å². The van der Waals surface area contributed by atoms with Gasteiger partial charge in [-0.15, -0.1) is 0 Å². The molecule has 0 spiro atoms. The van der Waals surface area contributed by atoms with Crippen LogP contribution in [0.5, 0.6) is 0 Å². The summed E-state index contributed by atoms with van der Waals surface area (Å²) < 4.78 is 0. The van der Waals surface area contributed by atoms with Gasteiger partial charge in [0, 0.05) is 11.6 Å². The summed E-state index contributed by atoms with van der Waals surface area (Å²) in [6, 6.07) is 16.7. The lowest BCUT2D eigenvalue weighted by atomic mass is 9.91. The van der Waals surface area contributed by atoms with Crippen molar-refractivity contribution < 1.29 is 0 Å². The number of hydrogen-bond acceptors (Lipinski definition) is 1. The first kappa shape index (κ1) is 10.7. The second kappa shape index (κ2) is 4.40. The molecule has 0 fully saturated rings. The lowest BCUT2D eigenvalue weighted by Crippen LogP contribution is -2.02. The Kier molecular flexibility index (Phi) is 2.95. The monoisotopic (exact) mass is 211 g/mol. The Labute approximate surface area is 96.9 Å². The zero-order valence-corrected chi connectivity index (χ0v) is 9.77. The minimum atomic E-state index is 0.348. The molecule has 0 bridgehead atoms. The lowest BCUT2D eigenvalue weighted by molar-refractivity contribution is 0.924. The number of rotatable bonds is 2. The summed E-state index contributed by atoms with van der Waals surface area (Å²) in [6.45, 7) is 4.25. The Morgan fingerprint density at radius 3 is 2.31 bits per heavy atom. The number of hydrogen-bond donors (Lipinski definition) is 1. The molecule has 2 aromatic rings. The molecular formula is C15H17N. The van der Waals surface area contributed by atoms with Gasteiger partial charge in [0.05, 0.1) is 0 Å². The van der Waals surface area contributed by atoms with E-state index >= 15 is 0 Å². The molecular weight excluding hydrogens is 194 g/mol. The SMILES string of the molecule is Cc1cccc([C@H](C)c2ccccc2)c1N. The molecule has 0 aliphatic heterocycles. The maximum absolute atomic E-state index is 6.12. The molecule has 1 nitrogen and oxygen atoms in total. The van der Waals surface area contributed by atoms with Gasteiger partial charge in [-0.3, -0.25) is 0 Å². The van der Waals surface area contributed by atoms with Gasteiger partial charge in [-0.05, 0) is 23.6 Å². The molecule has 0 aliphatic rings. The average Bonchev–Trinajstić information content (AvgIpc) is 2.33. The summed E-state index contributed by atoms with van der Waals surface area (Å²) in [7, 11) is 0. The van der Waals surface area contributed by atoms with Gasteiger partial charge >= 0.3 is 0 Å². The quantitative estimate of drug-likeness (QED) is 0.752. The van der Waals surface area contributed by atoms with Crippen molar-refractivity contribution >= 4 is 5.69 Å². The molecule has 0 unspecified atom stereocenters. The third kappa shape index (κ3) is 1.94. The van der Waals surface area contributed by atoms with E-state index in [2.05, 4.69) is 56.3 Å². The van der Waals surface area contributed by atoms with Crippen LogP contribution < -0.4 is 5.73 Å². The van der Waals surface area contributed by atoms with E-state index < -0.39 is 0 Å². The second-order valence-corrected chi connectivity index (χ2v) is 4.21. The van der Waals surface area contributed by atoms with Gasteiger partial charge in [-0.25, -0.2) is 0 Å². The summed E-state index contributed by atoms with van der Waals surface area (Å²) in [5.41, 5.74) is 10.7. The molecule has 1 heteroatoms. The number of nitrogen functional groups attached to an aromatic ring is 1. The second-order valence-electron chi connectivity index (χ2n) is 4.21. The molecule has 0 aliphatic carbocycles. The van der Waals surface area contributed by atoms with E-state index in [1.807, 2.05) is 6.07 Å². The fourth-order valence-electron chi connectivity index (χ4n) is 2.00. The van der Waals surface area contributed by atoms with Crippen molar-refractivity contribution in [3.05, 3.63) is 65.2 Å². The fourth-order valence-corrected chi connectivity index (χ4v) is 2.00. The van der Waals surface area contributed by atoms with Crippen molar-refractivity contribution in [3.63, 3.8) is 0 Å². The maximum atomic E-state index is 6.12. The van der Waals surface area contributed by atoms with Crippen molar-refractivity contribution in [1.29, 1.82) is 0 Å². The smallest absolute Gasteiger partial charge is 0.0382 e. The van der Waals surface area contributed by atoms with E-state index in [9.17, 15) is 0 Å². The molecule has 82 valence electrons. The normalized spacial score (nSPS) is 12.4. The molecule has 2 rings (SSSR count). The topological polar surface area (TPSA) is 26.0 Å². The van der Waals surface area contributed by atoms with Crippen molar-refractivity contribution in [2.24, 2.45) is 0 Å². The Balaban J connectivity index is 2.42. The van der Waals surface area contributed by atoms with Crippen molar-refractivity contribution in [2.75, 3.05) is 5.73 Å². The van der Waals surface area contributed by atoms with Crippen LogP contribution in [0.2, 0.25) is 0 Å². The summed E-state index contributed by atoms with van der Waals surface area (Å²) in [5, 5.41) is 0. The molecule has 2 N–H and O–H groups in total. The van der Waals surface area contributed by atoms with E-state index in [4.69, 9.17) is 5.73 Å². The first-order valence-electron chi connectivity index (χ1n) is 5.60. The molecule has 0 radical (unpaired) electrons. The molecule has 0 saturated carbocycles. The highest BCUT2D eigenvalue weighted by atomic mass is 14.6. The van der Waals surface area contributed by atoms with Gasteiger partial charge < -0.3 is 5.73 Å². The highest BCUT2D eigenvalue weighted by molar-refractivity contribution is 5.56. The summed E-state index contributed by atoms with van der Waals surface area (Å²) in [5.74, 6) is 0.348. The zero-order chi connectivity index (χ0) is 11.5. The summed E-state index contributed by atoms with van der Waals surface area (Å²) in [4.78, 5) is 0. The van der Waals surface area contributed by atoms with E-state index in [0.717, 1.165) is 11.3 Å². The van der Waals surface area contributed by atoms with E-state index in [1.54, 1.807) is 0 Å². The van der Waals surface area contributed by atoms with Gasteiger partial charge in [0.2, 0.25) is 0 Å². The van der Waals surface area contributed by atoms with Crippen LogP contribution in [0, 0.1) is 6.92 Å². The summed E-state index contributed by atoms with van der Waals surface area (Å²) in [6.07, 6.45) is 0. The largest absolute Gasteiger partial charge is 0.398 e. The Bertz CT molecular complexity index is 474. The Morgan fingerprint density at radius 1 is 0.938 bits per heavy atom. The van der Waals surface area contributed by atoms with Crippen LogP contribution in [0.4, 0.5) is 5.69 Å². The van der Waals surface area contributed by atoms with Gasteiger partial charge in [0.1, 0.15) is 0 Å². The van der Waals surface area contributed by atoms with Crippen LogP contribution in [-0.4, -0.2) is 0 Å². The average molecular weight is 211 g/mol. The zero-order valence-electron chi connectivity index (χ0n) is 9.77. The number of nitrogens with two attached hydrogens (primary N) is 1. The van der Waals surface area contributed by atoms with E-state index in [0.29, 0.717) is 5.92 Å². The van der Waals surface area contributed by atoms with Gasteiger partial charge in [0.15, 0.2) is 0 Å². The molecule has 1 atom stereocenters. The highest BCUT2D eigenvalue weighted by Gasteiger charge is 2.11. The number of aryl methyl sites for hydroxylation is 1. The Hall–Kier alpha value is -1.76. The predicted molar refractivity (Wildman–Crippen MR) is 69.6 cm³/mol. The van der Waals surface area contributed by atoms with Crippen LogP contribution in [0.15, 0.2) is 48.5 Å². The Morgan fingerprint density at radius 2 is 1.62 bits per heavy atom. The van der Waals surface area contributed by atoms with Crippen LogP contribution in [0.3, 0.4) is 0 Å². The number of anilines is 1. The minimum absolute atomic E-state index is 0.348. The van der Waals surface area contributed by atoms with Crippen LogP contribution in [-0.2, 0) is 0 Å². The minimum Gasteiger partial charge on any atom is -0.398 e. The standard InChI is InChI=1S/C15H17N/c1-11-7-6-10-14(15(11)16)12(2)13-8-4-3-5-9-13/h3-10,12H,16H2,1-2H3/t12-/m1/s1. The van der Waals surface area contributed by atoms with Crippen LogP contribution in [0.1, 0.15) is 29.5 Å². The number of para-hydroxylation sites is 1. The molecule has 0 aromatic heterocycles. The predicted octanol–water partition coefficient (Wildman–Crippen LogP) is 3.73. The molecule has 16 heavy (non-hydrogen) atoms. The lowest BCUT2D eigenvalue weighted by Gasteiger charge is -2.16. The van der Waals surface area contributed by atoms with E-state index in [-0.39, 0.29) is 0 Å².